The number of thioether (sulfide) groups is 1. The summed E-state index contributed by atoms with van der Waals surface area (Å²) in [5.41, 5.74) is 0. The van der Waals surface area contributed by atoms with Gasteiger partial charge in [0.1, 0.15) is 0 Å². The summed E-state index contributed by atoms with van der Waals surface area (Å²) in [5, 5.41) is 3.60. The lowest BCUT2D eigenvalue weighted by atomic mass is 10.0. The maximum Gasteiger partial charge on any atom is 0.0244 e. The molecule has 1 aliphatic heterocycles. The molecule has 0 aromatic carbocycles. The number of rotatable bonds is 5. The van der Waals surface area contributed by atoms with Crippen LogP contribution >= 0.6 is 11.8 Å². The van der Waals surface area contributed by atoms with E-state index in [4.69, 9.17) is 0 Å². The highest BCUT2D eigenvalue weighted by Gasteiger charge is 2.22. The monoisotopic (exact) mass is 244 g/mol. The minimum Gasteiger partial charge on any atom is -0.313 e. The Morgan fingerprint density at radius 3 is 2.50 bits per heavy atom. The smallest absolute Gasteiger partial charge is 0.0244 e. The molecule has 0 amide bonds. The van der Waals surface area contributed by atoms with Crippen LogP contribution in [0.15, 0.2) is 0 Å². The molecule has 0 aromatic rings. The first-order valence-corrected chi connectivity index (χ1v) is 7.82. The molecule has 1 heterocycles. The van der Waals surface area contributed by atoms with E-state index in [1.165, 1.54) is 31.0 Å². The molecule has 1 unspecified atom stereocenters. The molecule has 1 rings (SSSR count). The molecule has 3 heteroatoms. The second-order valence-corrected chi connectivity index (χ2v) is 6.60. The van der Waals surface area contributed by atoms with Crippen molar-refractivity contribution in [3.8, 4) is 0 Å². The molecule has 1 N–H and O–H groups in total. The van der Waals surface area contributed by atoms with Gasteiger partial charge in [0.2, 0.25) is 0 Å². The molecule has 2 nitrogen and oxygen atoms in total. The third-order valence-electron chi connectivity index (χ3n) is 3.23. The van der Waals surface area contributed by atoms with Gasteiger partial charge in [-0.1, -0.05) is 27.7 Å². The molecule has 1 atom stereocenters. The Labute approximate surface area is 106 Å². The van der Waals surface area contributed by atoms with Crippen molar-refractivity contribution < 1.29 is 0 Å². The van der Waals surface area contributed by atoms with Crippen molar-refractivity contribution in [2.45, 2.75) is 46.2 Å². The third kappa shape index (κ3) is 5.07. The lowest BCUT2D eigenvalue weighted by Crippen LogP contribution is -2.47. The maximum absolute atomic E-state index is 3.60. The summed E-state index contributed by atoms with van der Waals surface area (Å²) in [6, 6.07) is 1.31. The molecular formula is C13H28N2S. The first-order chi connectivity index (χ1) is 7.61. The van der Waals surface area contributed by atoms with E-state index in [0.717, 1.165) is 12.5 Å². The van der Waals surface area contributed by atoms with Crippen LogP contribution in [0.4, 0.5) is 0 Å². The molecule has 1 saturated heterocycles. The normalized spacial score (nSPS) is 21.4. The number of nitrogens with zero attached hydrogens (tertiary/aromatic N) is 1. The van der Waals surface area contributed by atoms with E-state index in [9.17, 15) is 0 Å². The first kappa shape index (κ1) is 14.3. The van der Waals surface area contributed by atoms with Crippen LogP contribution in [0.3, 0.4) is 0 Å². The summed E-state index contributed by atoms with van der Waals surface area (Å²) in [7, 11) is 0. The largest absolute Gasteiger partial charge is 0.313 e. The fourth-order valence-electron chi connectivity index (χ4n) is 2.24. The van der Waals surface area contributed by atoms with Crippen molar-refractivity contribution >= 4 is 11.8 Å². The number of hydrogen-bond acceptors (Lipinski definition) is 3. The van der Waals surface area contributed by atoms with Crippen LogP contribution in [0.1, 0.15) is 34.1 Å². The average Bonchev–Trinajstić information content (AvgIpc) is 2.45. The van der Waals surface area contributed by atoms with E-state index in [1.54, 1.807) is 0 Å². The molecule has 96 valence electrons. The quantitative estimate of drug-likeness (QED) is 0.800. The Bertz CT molecular complexity index is 175. The second-order valence-electron chi connectivity index (χ2n) is 5.38. The minimum atomic E-state index is 0.600. The summed E-state index contributed by atoms with van der Waals surface area (Å²) in [6.45, 7) is 12.9. The highest BCUT2D eigenvalue weighted by Crippen LogP contribution is 2.16. The van der Waals surface area contributed by atoms with E-state index < -0.39 is 0 Å². The molecule has 0 bridgehead atoms. The predicted octanol–water partition coefficient (Wildman–Crippen LogP) is 2.45. The van der Waals surface area contributed by atoms with Gasteiger partial charge in [0.05, 0.1) is 0 Å². The zero-order chi connectivity index (χ0) is 12.0. The zero-order valence-corrected chi connectivity index (χ0v) is 12.1. The standard InChI is InChI=1S/C13H28N2S/c1-11(2)13(10-14-12(3)4)15-6-5-8-16-9-7-15/h11-14H,5-10H2,1-4H3. The van der Waals surface area contributed by atoms with Crippen LogP contribution in [0.2, 0.25) is 0 Å². The summed E-state index contributed by atoms with van der Waals surface area (Å²) in [4.78, 5) is 2.69. The van der Waals surface area contributed by atoms with Gasteiger partial charge in [-0.2, -0.15) is 11.8 Å². The molecule has 0 spiro atoms. The van der Waals surface area contributed by atoms with E-state index in [0.29, 0.717) is 12.1 Å². The van der Waals surface area contributed by atoms with E-state index in [1.807, 2.05) is 0 Å². The molecule has 0 aliphatic carbocycles. The molecule has 0 saturated carbocycles. The van der Waals surface area contributed by atoms with E-state index in [2.05, 4.69) is 49.7 Å². The fourth-order valence-corrected chi connectivity index (χ4v) is 3.14. The molecule has 0 radical (unpaired) electrons. The average molecular weight is 244 g/mol. The molecule has 1 fully saturated rings. The van der Waals surface area contributed by atoms with Gasteiger partial charge in [-0.25, -0.2) is 0 Å². The zero-order valence-electron chi connectivity index (χ0n) is 11.3. The summed E-state index contributed by atoms with van der Waals surface area (Å²) in [5.74, 6) is 3.40. The Morgan fingerprint density at radius 2 is 1.88 bits per heavy atom. The van der Waals surface area contributed by atoms with Crippen LogP contribution in [0, 0.1) is 5.92 Å². The van der Waals surface area contributed by atoms with Crippen molar-refractivity contribution in [3.63, 3.8) is 0 Å². The van der Waals surface area contributed by atoms with E-state index in [-0.39, 0.29) is 0 Å². The van der Waals surface area contributed by atoms with Gasteiger partial charge in [-0.3, -0.25) is 4.90 Å². The molecule has 16 heavy (non-hydrogen) atoms. The van der Waals surface area contributed by atoms with Gasteiger partial charge in [0, 0.05) is 30.9 Å². The van der Waals surface area contributed by atoms with Crippen LogP contribution < -0.4 is 5.32 Å². The molecular weight excluding hydrogens is 216 g/mol. The Hall–Kier alpha value is 0.270. The molecule has 1 aliphatic rings. The Balaban J connectivity index is 2.46. The Morgan fingerprint density at radius 1 is 1.12 bits per heavy atom. The van der Waals surface area contributed by atoms with Crippen molar-refractivity contribution in [1.29, 1.82) is 0 Å². The van der Waals surface area contributed by atoms with Crippen LogP contribution in [0.5, 0.6) is 0 Å². The van der Waals surface area contributed by atoms with Crippen molar-refractivity contribution in [3.05, 3.63) is 0 Å². The van der Waals surface area contributed by atoms with Gasteiger partial charge in [0.25, 0.3) is 0 Å². The fraction of sp³-hybridized carbons (Fsp3) is 1.00. The summed E-state index contributed by atoms with van der Waals surface area (Å²) in [6.07, 6.45) is 1.36. The van der Waals surface area contributed by atoms with Crippen molar-refractivity contribution in [2.75, 3.05) is 31.1 Å². The van der Waals surface area contributed by atoms with Crippen molar-refractivity contribution in [2.24, 2.45) is 5.92 Å². The van der Waals surface area contributed by atoms with Gasteiger partial charge < -0.3 is 5.32 Å². The van der Waals surface area contributed by atoms with Crippen LogP contribution in [-0.4, -0.2) is 48.1 Å². The maximum atomic E-state index is 3.60. The summed E-state index contributed by atoms with van der Waals surface area (Å²) >= 11 is 2.11. The highest BCUT2D eigenvalue weighted by atomic mass is 32.2. The number of hydrogen-bond donors (Lipinski definition) is 1. The lowest BCUT2D eigenvalue weighted by molar-refractivity contribution is 0.160. The Kier molecular flexibility index (Phi) is 6.78. The predicted molar refractivity (Wildman–Crippen MR) is 75.3 cm³/mol. The van der Waals surface area contributed by atoms with Gasteiger partial charge in [-0.05, 0) is 24.6 Å². The highest BCUT2D eigenvalue weighted by molar-refractivity contribution is 7.99. The summed E-state index contributed by atoms with van der Waals surface area (Å²) < 4.78 is 0. The molecule has 0 aromatic heterocycles. The van der Waals surface area contributed by atoms with E-state index >= 15 is 0 Å². The van der Waals surface area contributed by atoms with Gasteiger partial charge in [-0.15, -0.1) is 0 Å². The van der Waals surface area contributed by atoms with Gasteiger partial charge in [0.15, 0.2) is 0 Å². The van der Waals surface area contributed by atoms with Gasteiger partial charge >= 0.3 is 0 Å². The minimum absolute atomic E-state index is 0.600. The van der Waals surface area contributed by atoms with Crippen LogP contribution in [-0.2, 0) is 0 Å². The first-order valence-electron chi connectivity index (χ1n) is 6.66. The van der Waals surface area contributed by atoms with Crippen LogP contribution in [0.25, 0.3) is 0 Å². The van der Waals surface area contributed by atoms with Crippen molar-refractivity contribution in [1.82, 2.24) is 10.2 Å². The third-order valence-corrected chi connectivity index (χ3v) is 4.28. The second kappa shape index (κ2) is 7.57. The SMILES string of the molecule is CC(C)NCC(C(C)C)N1CCCSCC1. The lowest BCUT2D eigenvalue weighted by Gasteiger charge is -2.34. The topological polar surface area (TPSA) is 15.3 Å². The number of nitrogens with one attached hydrogen (secondary N) is 1.